The van der Waals surface area contributed by atoms with Crippen molar-refractivity contribution in [1.82, 2.24) is 0 Å². The van der Waals surface area contributed by atoms with Crippen LogP contribution in [0.15, 0.2) is 30.3 Å². The maximum absolute atomic E-state index is 10.2. The Morgan fingerprint density at radius 1 is 1.13 bits per heavy atom. The van der Waals surface area contributed by atoms with Crippen LogP contribution in [0.25, 0.3) is 6.08 Å². The smallest absolute Gasteiger partial charge is 0.402 e. The van der Waals surface area contributed by atoms with Crippen molar-refractivity contribution < 1.29 is 25.0 Å². The van der Waals surface area contributed by atoms with E-state index in [2.05, 4.69) is 0 Å². The lowest BCUT2D eigenvalue weighted by molar-refractivity contribution is -0.131. The fourth-order valence-corrected chi connectivity index (χ4v) is 1.03. The van der Waals surface area contributed by atoms with Crippen molar-refractivity contribution in [3.8, 4) is 0 Å². The third-order valence-electron chi connectivity index (χ3n) is 1.80. The molecule has 0 radical (unpaired) electrons. The fourth-order valence-electron chi connectivity index (χ4n) is 1.03. The van der Waals surface area contributed by atoms with Gasteiger partial charge < -0.3 is 20.2 Å². The molecule has 1 aromatic carbocycles. The molecule has 0 spiro atoms. The van der Waals surface area contributed by atoms with Gasteiger partial charge in [-0.2, -0.15) is 0 Å². The van der Waals surface area contributed by atoms with Crippen LogP contribution in [-0.4, -0.2) is 32.9 Å². The molecule has 15 heavy (non-hydrogen) atoms. The molecule has 0 unspecified atom stereocenters. The SMILES string of the molecule is O=C(O)/C=C/c1ccc([B-](O)(O)O)cc1. The lowest BCUT2D eigenvalue weighted by atomic mass is 9.71. The van der Waals surface area contributed by atoms with Crippen LogP contribution in [-0.2, 0) is 4.79 Å². The molecule has 5 nitrogen and oxygen atoms in total. The summed E-state index contributed by atoms with van der Waals surface area (Å²) in [4.78, 5) is 10.2. The second kappa shape index (κ2) is 4.27. The number of carboxylic acids is 1. The van der Waals surface area contributed by atoms with Crippen molar-refractivity contribution in [2.75, 3.05) is 0 Å². The van der Waals surface area contributed by atoms with Gasteiger partial charge in [0.1, 0.15) is 0 Å². The predicted octanol–water partition coefficient (Wildman–Crippen LogP) is -1.09. The topological polar surface area (TPSA) is 98.0 Å². The van der Waals surface area contributed by atoms with Crippen molar-refractivity contribution in [3.05, 3.63) is 35.9 Å². The molecule has 0 fully saturated rings. The summed E-state index contributed by atoms with van der Waals surface area (Å²) in [5.41, 5.74) is 0.559. The molecule has 0 amide bonds. The number of hydrogen-bond acceptors (Lipinski definition) is 4. The Kier molecular flexibility index (Phi) is 3.26. The number of carboxylic acid groups (broad SMARTS) is 1. The Morgan fingerprint density at radius 2 is 1.67 bits per heavy atom. The highest BCUT2D eigenvalue weighted by molar-refractivity contribution is 6.71. The zero-order valence-electron chi connectivity index (χ0n) is 7.74. The summed E-state index contributed by atoms with van der Waals surface area (Å²) in [6, 6.07) is 5.55. The van der Waals surface area contributed by atoms with E-state index < -0.39 is 12.7 Å². The van der Waals surface area contributed by atoms with Gasteiger partial charge in [0.25, 0.3) is 0 Å². The van der Waals surface area contributed by atoms with Gasteiger partial charge in [-0.15, -0.1) is 5.46 Å². The summed E-state index contributed by atoms with van der Waals surface area (Å²) in [7, 11) is 0. The lowest BCUT2D eigenvalue weighted by Gasteiger charge is -2.21. The monoisotopic (exact) mass is 209 g/mol. The number of aliphatic carboxylic acids is 1. The molecule has 0 aliphatic rings. The molecule has 0 atom stereocenters. The van der Waals surface area contributed by atoms with Crippen LogP contribution in [0.3, 0.4) is 0 Å². The normalized spacial score (nSPS) is 11.9. The number of carbonyl (C=O) groups is 1. The van der Waals surface area contributed by atoms with E-state index in [1.165, 1.54) is 30.3 Å². The second-order valence-electron chi connectivity index (χ2n) is 3.07. The van der Waals surface area contributed by atoms with Gasteiger partial charge in [-0.1, -0.05) is 24.3 Å². The van der Waals surface area contributed by atoms with Crippen LogP contribution < -0.4 is 5.46 Å². The van der Waals surface area contributed by atoms with Gasteiger partial charge in [-0.25, -0.2) is 4.79 Å². The molecule has 0 heterocycles. The van der Waals surface area contributed by atoms with Crippen molar-refractivity contribution in [2.45, 2.75) is 0 Å². The zero-order valence-corrected chi connectivity index (χ0v) is 7.74. The molecule has 0 aliphatic heterocycles. The lowest BCUT2D eigenvalue weighted by Crippen LogP contribution is -2.48. The minimum Gasteiger partial charge on any atom is -0.556 e. The van der Waals surface area contributed by atoms with Gasteiger partial charge >= 0.3 is 12.7 Å². The maximum Gasteiger partial charge on any atom is 0.402 e. The summed E-state index contributed by atoms with van der Waals surface area (Å²) in [5, 5.41) is 34.9. The summed E-state index contributed by atoms with van der Waals surface area (Å²) in [5.74, 6) is -1.07. The molecule has 0 saturated carbocycles. The summed E-state index contributed by atoms with van der Waals surface area (Å²) < 4.78 is 0. The van der Waals surface area contributed by atoms with Crippen LogP contribution in [0.1, 0.15) is 5.56 Å². The van der Waals surface area contributed by atoms with Gasteiger partial charge in [0, 0.05) is 6.08 Å². The molecule has 0 bridgehead atoms. The van der Waals surface area contributed by atoms with Gasteiger partial charge in [0.05, 0.1) is 0 Å². The van der Waals surface area contributed by atoms with E-state index in [1.54, 1.807) is 0 Å². The molecule has 0 aliphatic carbocycles. The minimum absolute atomic E-state index is 0.0255. The van der Waals surface area contributed by atoms with Crippen LogP contribution >= 0.6 is 0 Å². The molecule has 0 saturated heterocycles. The van der Waals surface area contributed by atoms with Crippen molar-refractivity contribution >= 4 is 24.3 Å². The summed E-state index contributed by atoms with van der Waals surface area (Å²) >= 11 is 0. The molecular formula is C9H10BO5-. The molecular weight excluding hydrogens is 199 g/mol. The van der Waals surface area contributed by atoms with Crippen molar-refractivity contribution in [3.63, 3.8) is 0 Å². The first-order valence-electron chi connectivity index (χ1n) is 4.22. The van der Waals surface area contributed by atoms with Crippen molar-refractivity contribution in [1.29, 1.82) is 0 Å². The molecule has 0 aromatic heterocycles. The fraction of sp³-hybridized carbons (Fsp3) is 0. The summed E-state index contributed by atoms with van der Waals surface area (Å²) in [6.07, 6.45) is 2.32. The van der Waals surface area contributed by atoms with Gasteiger partial charge in [0.2, 0.25) is 0 Å². The Labute approximate surface area is 85.9 Å². The highest BCUT2D eigenvalue weighted by Crippen LogP contribution is 2.01. The maximum atomic E-state index is 10.2. The molecule has 6 heteroatoms. The minimum atomic E-state index is -3.48. The van der Waals surface area contributed by atoms with E-state index in [0.29, 0.717) is 5.56 Å². The van der Waals surface area contributed by atoms with Crippen LogP contribution in [0.5, 0.6) is 0 Å². The number of hydrogen-bond donors (Lipinski definition) is 4. The van der Waals surface area contributed by atoms with E-state index in [0.717, 1.165) is 6.08 Å². The Bertz CT molecular complexity index is 376. The Balaban J connectivity index is 2.86. The number of benzene rings is 1. The molecule has 1 aromatic rings. The van der Waals surface area contributed by atoms with E-state index >= 15 is 0 Å². The predicted molar refractivity (Wildman–Crippen MR) is 55.2 cm³/mol. The first kappa shape index (κ1) is 11.4. The van der Waals surface area contributed by atoms with E-state index in [4.69, 9.17) is 20.2 Å². The summed E-state index contributed by atoms with van der Waals surface area (Å²) in [6.45, 7) is -3.48. The van der Waals surface area contributed by atoms with E-state index in [9.17, 15) is 4.79 Å². The Morgan fingerprint density at radius 3 is 2.07 bits per heavy atom. The zero-order chi connectivity index (χ0) is 11.5. The molecule has 80 valence electrons. The molecule has 1 rings (SSSR count). The quantitative estimate of drug-likeness (QED) is 0.374. The largest absolute Gasteiger partial charge is 0.556 e. The van der Waals surface area contributed by atoms with Gasteiger partial charge in [0.15, 0.2) is 0 Å². The van der Waals surface area contributed by atoms with Crippen molar-refractivity contribution in [2.24, 2.45) is 0 Å². The molecule has 4 N–H and O–H groups in total. The Hall–Kier alpha value is -1.63. The highest BCUT2D eigenvalue weighted by atomic mass is 16.5. The van der Waals surface area contributed by atoms with Crippen LogP contribution in [0.4, 0.5) is 0 Å². The highest BCUT2D eigenvalue weighted by Gasteiger charge is 2.16. The average Bonchev–Trinajstić information content (AvgIpc) is 2.14. The van der Waals surface area contributed by atoms with Crippen LogP contribution in [0.2, 0.25) is 0 Å². The van der Waals surface area contributed by atoms with E-state index in [1.807, 2.05) is 0 Å². The van der Waals surface area contributed by atoms with Gasteiger partial charge in [-0.3, -0.25) is 0 Å². The third-order valence-corrected chi connectivity index (χ3v) is 1.80. The van der Waals surface area contributed by atoms with E-state index in [-0.39, 0.29) is 5.46 Å². The average molecular weight is 209 g/mol. The first-order chi connectivity index (χ1) is 6.89. The number of rotatable bonds is 3. The third kappa shape index (κ3) is 3.55. The standard InChI is InChI=1S/C9H10BO5/c11-9(12)6-3-7-1-4-8(5-2-7)10(13,14)15/h1-6,13-15H,(H,11,12)/q-1/b6-3+. The first-order valence-corrected chi connectivity index (χ1v) is 4.22. The van der Waals surface area contributed by atoms with Gasteiger partial charge in [-0.05, 0) is 11.6 Å². The second-order valence-corrected chi connectivity index (χ2v) is 3.07. The van der Waals surface area contributed by atoms with Crippen LogP contribution in [0, 0.1) is 0 Å².